The summed E-state index contributed by atoms with van der Waals surface area (Å²) in [5.74, 6) is -1.04. The number of carboxylic acids is 2. The second-order valence-corrected chi connectivity index (χ2v) is 8.26. The van der Waals surface area contributed by atoms with Crippen molar-refractivity contribution in [3.63, 3.8) is 0 Å². The summed E-state index contributed by atoms with van der Waals surface area (Å²) in [6, 6.07) is 4.17. The average Bonchev–Trinajstić information content (AvgIpc) is 2.69. The lowest BCUT2D eigenvalue weighted by Crippen LogP contribution is -2.61. The summed E-state index contributed by atoms with van der Waals surface area (Å²) < 4.78 is 0. The summed E-state index contributed by atoms with van der Waals surface area (Å²) >= 11 is 0. The van der Waals surface area contributed by atoms with Crippen LogP contribution in [0, 0.1) is 18.8 Å². The fraction of sp³-hybridized carbons (Fsp3) is 0.636. The Morgan fingerprint density at radius 2 is 1.18 bits per heavy atom. The number of hydrogen-bond donors (Lipinski definition) is 4. The summed E-state index contributed by atoms with van der Waals surface area (Å²) in [7, 11) is 0. The van der Waals surface area contributed by atoms with Crippen molar-refractivity contribution in [1.29, 1.82) is 0 Å². The summed E-state index contributed by atoms with van der Waals surface area (Å²) in [5, 5.41) is 17.4. The standard InChI is InChI=1S/C13H26N2.C9H8O4/c14-13(15,11-7-3-1-4-8-11)12-9-5-2-6-10-12;1-5-6(8(10)11)3-2-4-7(5)9(12)13/h11-12H,1-10,14-15H2;2-4H,1H3,(H,10,11)(H,12,13). The van der Waals surface area contributed by atoms with E-state index >= 15 is 0 Å². The van der Waals surface area contributed by atoms with Crippen molar-refractivity contribution >= 4 is 11.9 Å². The van der Waals surface area contributed by atoms with Crippen LogP contribution in [-0.2, 0) is 0 Å². The molecule has 2 aliphatic carbocycles. The Hall–Kier alpha value is -1.92. The lowest BCUT2D eigenvalue weighted by Gasteiger charge is -2.44. The number of rotatable bonds is 4. The van der Waals surface area contributed by atoms with Gasteiger partial charge in [-0.2, -0.15) is 0 Å². The van der Waals surface area contributed by atoms with E-state index in [-0.39, 0.29) is 22.4 Å². The fourth-order valence-corrected chi connectivity index (χ4v) is 4.64. The lowest BCUT2D eigenvalue weighted by molar-refractivity contribution is 0.0696. The molecular formula is C22H34N2O4. The summed E-state index contributed by atoms with van der Waals surface area (Å²) in [6.45, 7) is 1.48. The van der Waals surface area contributed by atoms with E-state index in [0.29, 0.717) is 11.8 Å². The Balaban J connectivity index is 0.000000203. The molecule has 2 saturated carbocycles. The minimum absolute atomic E-state index is 0.0277. The number of carbonyl (C=O) groups is 2. The van der Waals surface area contributed by atoms with Crippen LogP contribution in [0.5, 0.6) is 0 Å². The first-order valence-corrected chi connectivity index (χ1v) is 10.4. The molecule has 0 heterocycles. The second kappa shape index (κ2) is 10.0. The first-order valence-electron chi connectivity index (χ1n) is 10.4. The first-order chi connectivity index (χ1) is 13.2. The van der Waals surface area contributed by atoms with Crippen LogP contribution >= 0.6 is 0 Å². The molecule has 0 saturated heterocycles. The molecule has 0 aliphatic heterocycles. The highest BCUT2D eigenvalue weighted by Crippen LogP contribution is 2.38. The molecule has 3 rings (SSSR count). The van der Waals surface area contributed by atoms with E-state index < -0.39 is 11.9 Å². The lowest BCUT2D eigenvalue weighted by atomic mass is 9.70. The number of carboxylic acid groups (broad SMARTS) is 2. The number of nitrogens with two attached hydrogens (primary N) is 2. The summed E-state index contributed by atoms with van der Waals surface area (Å²) in [4.78, 5) is 21.2. The maximum absolute atomic E-state index is 10.6. The molecule has 0 radical (unpaired) electrons. The number of benzene rings is 1. The summed E-state index contributed by atoms with van der Waals surface area (Å²) in [5.41, 5.74) is 12.9. The molecule has 0 atom stereocenters. The van der Waals surface area contributed by atoms with Gasteiger partial charge in [-0.15, -0.1) is 0 Å². The van der Waals surface area contributed by atoms with Crippen LogP contribution < -0.4 is 11.5 Å². The van der Waals surface area contributed by atoms with E-state index in [4.69, 9.17) is 21.7 Å². The van der Waals surface area contributed by atoms with E-state index in [2.05, 4.69) is 0 Å². The SMILES string of the molecule is Cc1c(C(=O)O)cccc1C(=O)O.NC(N)(C1CCCCC1)C1CCCCC1. The molecule has 0 spiro atoms. The average molecular weight is 391 g/mol. The predicted octanol–water partition coefficient (Wildman–Crippen LogP) is 4.15. The third kappa shape index (κ3) is 5.55. The van der Waals surface area contributed by atoms with Gasteiger partial charge in [0.05, 0.1) is 16.8 Å². The zero-order chi connectivity index (χ0) is 20.7. The van der Waals surface area contributed by atoms with Crippen LogP contribution in [0.15, 0.2) is 18.2 Å². The maximum Gasteiger partial charge on any atom is 0.335 e. The van der Waals surface area contributed by atoms with Crippen LogP contribution in [0.3, 0.4) is 0 Å². The van der Waals surface area contributed by atoms with E-state index in [1.54, 1.807) is 0 Å². The van der Waals surface area contributed by atoms with Crippen molar-refractivity contribution in [1.82, 2.24) is 0 Å². The van der Waals surface area contributed by atoms with Crippen LogP contribution in [0.25, 0.3) is 0 Å². The molecule has 1 aromatic carbocycles. The van der Waals surface area contributed by atoms with Crippen molar-refractivity contribution in [3.05, 3.63) is 34.9 Å². The highest BCUT2D eigenvalue weighted by atomic mass is 16.4. The quantitative estimate of drug-likeness (QED) is 0.572. The largest absolute Gasteiger partial charge is 0.478 e. The highest BCUT2D eigenvalue weighted by Gasteiger charge is 2.39. The van der Waals surface area contributed by atoms with Crippen LogP contribution in [0.1, 0.15) is 90.5 Å². The van der Waals surface area contributed by atoms with Gasteiger partial charge in [0.15, 0.2) is 0 Å². The molecule has 2 aliphatic rings. The van der Waals surface area contributed by atoms with E-state index in [0.717, 1.165) is 0 Å². The maximum atomic E-state index is 10.6. The smallest absolute Gasteiger partial charge is 0.335 e. The monoisotopic (exact) mass is 390 g/mol. The molecule has 2 fully saturated rings. The first kappa shape index (κ1) is 22.4. The Kier molecular flexibility index (Phi) is 8.01. The third-order valence-electron chi connectivity index (χ3n) is 6.42. The zero-order valence-corrected chi connectivity index (χ0v) is 16.8. The zero-order valence-electron chi connectivity index (χ0n) is 16.8. The van der Waals surface area contributed by atoms with E-state index in [1.165, 1.54) is 89.3 Å². The van der Waals surface area contributed by atoms with Gasteiger partial charge in [-0.1, -0.05) is 44.6 Å². The van der Waals surface area contributed by atoms with Crippen LogP contribution in [0.2, 0.25) is 0 Å². The molecule has 0 aromatic heterocycles. The molecular weight excluding hydrogens is 356 g/mol. The Morgan fingerprint density at radius 1 is 0.821 bits per heavy atom. The Morgan fingerprint density at radius 3 is 1.50 bits per heavy atom. The minimum Gasteiger partial charge on any atom is -0.478 e. The Labute approximate surface area is 167 Å². The van der Waals surface area contributed by atoms with Crippen molar-refractivity contribution < 1.29 is 19.8 Å². The van der Waals surface area contributed by atoms with E-state index in [1.807, 2.05) is 0 Å². The van der Waals surface area contributed by atoms with Crippen LogP contribution in [0.4, 0.5) is 0 Å². The van der Waals surface area contributed by atoms with Gasteiger partial charge in [-0.05, 0) is 62.1 Å². The molecule has 0 amide bonds. The Bertz CT molecular complexity index is 623. The van der Waals surface area contributed by atoms with E-state index in [9.17, 15) is 9.59 Å². The molecule has 28 heavy (non-hydrogen) atoms. The van der Waals surface area contributed by atoms with Gasteiger partial charge in [0.25, 0.3) is 0 Å². The minimum atomic E-state index is -1.11. The topological polar surface area (TPSA) is 127 Å². The van der Waals surface area contributed by atoms with Gasteiger partial charge in [0.1, 0.15) is 0 Å². The molecule has 6 heteroatoms. The summed E-state index contributed by atoms with van der Waals surface area (Å²) in [6.07, 6.45) is 13.2. The molecule has 6 nitrogen and oxygen atoms in total. The van der Waals surface area contributed by atoms with Crippen LogP contribution in [-0.4, -0.2) is 27.8 Å². The van der Waals surface area contributed by atoms with Gasteiger partial charge < -0.3 is 21.7 Å². The molecule has 1 aromatic rings. The van der Waals surface area contributed by atoms with Gasteiger partial charge in [0, 0.05) is 0 Å². The van der Waals surface area contributed by atoms with Crippen molar-refractivity contribution in [2.75, 3.05) is 0 Å². The van der Waals surface area contributed by atoms with Gasteiger partial charge in [0.2, 0.25) is 0 Å². The highest BCUT2D eigenvalue weighted by molar-refractivity contribution is 5.96. The molecule has 156 valence electrons. The van der Waals surface area contributed by atoms with Gasteiger partial charge in [-0.3, -0.25) is 0 Å². The molecule has 0 bridgehead atoms. The van der Waals surface area contributed by atoms with Crippen molar-refractivity contribution in [2.45, 2.75) is 76.8 Å². The third-order valence-corrected chi connectivity index (χ3v) is 6.42. The van der Waals surface area contributed by atoms with Gasteiger partial charge in [-0.25, -0.2) is 9.59 Å². The van der Waals surface area contributed by atoms with Crippen molar-refractivity contribution in [2.24, 2.45) is 23.3 Å². The molecule has 6 N–H and O–H groups in total. The number of aromatic carboxylic acids is 2. The van der Waals surface area contributed by atoms with Gasteiger partial charge >= 0.3 is 11.9 Å². The number of hydrogen-bond acceptors (Lipinski definition) is 4. The second-order valence-electron chi connectivity index (χ2n) is 8.26. The van der Waals surface area contributed by atoms with Crippen molar-refractivity contribution in [3.8, 4) is 0 Å². The predicted molar refractivity (Wildman–Crippen MR) is 109 cm³/mol. The fourth-order valence-electron chi connectivity index (χ4n) is 4.64. The normalized spacial score (nSPS) is 18.8. The molecule has 0 unspecified atom stereocenters.